The van der Waals surface area contributed by atoms with Crippen molar-refractivity contribution in [2.45, 2.75) is 38.6 Å². The van der Waals surface area contributed by atoms with Crippen LogP contribution in [-0.2, 0) is 7.05 Å². The quantitative estimate of drug-likeness (QED) is 0.764. The molecule has 0 bridgehead atoms. The van der Waals surface area contributed by atoms with Gasteiger partial charge in [0.25, 0.3) is 5.91 Å². The van der Waals surface area contributed by atoms with Gasteiger partial charge in [-0.15, -0.1) is 0 Å². The Hall–Kier alpha value is -1.32. The second kappa shape index (κ2) is 4.68. The Morgan fingerprint density at radius 3 is 3.00 bits per heavy atom. The smallest absolute Gasteiger partial charge is 0.257 e. The normalized spacial score (nSPS) is 21.1. The van der Waals surface area contributed by atoms with Crippen molar-refractivity contribution in [1.29, 1.82) is 0 Å². The van der Waals surface area contributed by atoms with Crippen molar-refractivity contribution in [2.24, 2.45) is 7.05 Å². The third kappa shape index (κ3) is 2.10. The van der Waals surface area contributed by atoms with Crippen LogP contribution >= 0.6 is 0 Å². The number of hydrogen-bond donors (Lipinski definition) is 0. The molecule has 1 saturated heterocycles. The zero-order valence-corrected chi connectivity index (χ0v) is 10.0. The highest BCUT2D eigenvalue weighted by Crippen LogP contribution is 2.21. The highest BCUT2D eigenvalue weighted by Gasteiger charge is 2.26. The van der Waals surface area contributed by atoms with Gasteiger partial charge in [0.15, 0.2) is 0 Å². The molecular formula is C12H19N3O. The lowest BCUT2D eigenvalue weighted by atomic mass is 9.99. The third-order valence-corrected chi connectivity index (χ3v) is 3.31. The molecule has 4 nitrogen and oxygen atoms in total. The molecule has 1 aliphatic rings. The number of aromatic nitrogens is 2. The summed E-state index contributed by atoms with van der Waals surface area (Å²) >= 11 is 0. The van der Waals surface area contributed by atoms with Gasteiger partial charge in [0, 0.05) is 25.8 Å². The Morgan fingerprint density at radius 1 is 1.56 bits per heavy atom. The Bertz CT molecular complexity index is 372. The number of piperidine rings is 1. The van der Waals surface area contributed by atoms with E-state index < -0.39 is 0 Å². The van der Waals surface area contributed by atoms with Gasteiger partial charge < -0.3 is 4.90 Å². The summed E-state index contributed by atoms with van der Waals surface area (Å²) in [5, 5.41) is 4.05. The van der Waals surface area contributed by atoms with Crippen LogP contribution in [0.15, 0.2) is 12.4 Å². The molecule has 16 heavy (non-hydrogen) atoms. The monoisotopic (exact) mass is 221 g/mol. The van der Waals surface area contributed by atoms with E-state index in [1.54, 1.807) is 17.1 Å². The summed E-state index contributed by atoms with van der Waals surface area (Å²) in [6.45, 7) is 3.05. The number of carbonyl (C=O) groups excluding carboxylic acids is 1. The highest BCUT2D eigenvalue weighted by atomic mass is 16.2. The van der Waals surface area contributed by atoms with E-state index in [0.29, 0.717) is 11.6 Å². The van der Waals surface area contributed by atoms with Crippen molar-refractivity contribution in [1.82, 2.24) is 14.7 Å². The summed E-state index contributed by atoms with van der Waals surface area (Å²) in [5.41, 5.74) is 0.711. The van der Waals surface area contributed by atoms with Crippen LogP contribution in [0.1, 0.15) is 43.0 Å². The summed E-state index contributed by atoms with van der Waals surface area (Å²) < 4.78 is 1.68. The van der Waals surface area contributed by atoms with Crippen LogP contribution in [0.3, 0.4) is 0 Å². The van der Waals surface area contributed by atoms with Gasteiger partial charge in [0.2, 0.25) is 0 Å². The summed E-state index contributed by atoms with van der Waals surface area (Å²) in [7, 11) is 1.84. The van der Waals surface area contributed by atoms with Gasteiger partial charge in [0.05, 0.1) is 11.8 Å². The van der Waals surface area contributed by atoms with Crippen LogP contribution in [0.25, 0.3) is 0 Å². The van der Waals surface area contributed by atoms with Crippen LogP contribution in [0, 0.1) is 0 Å². The van der Waals surface area contributed by atoms with Crippen molar-refractivity contribution in [2.75, 3.05) is 6.54 Å². The molecule has 4 heteroatoms. The van der Waals surface area contributed by atoms with Gasteiger partial charge in [-0.1, -0.05) is 6.92 Å². The van der Waals surface area contributed by atoms with E-state index in [-0.39, 0.29) is 5.91 Å². The number of carbonyl (C=O) groups is 1. The molecule has 0 radical (unpaired) electrons. The van der Waals surface area contributed by atoms with Crippen LogP contribution < -0.4 is 0 Å². The molecule has 0 aliphatic carbocycles. The van der Waals surface area contributed by atoms with E-state index in [1.807, 2.05) is 11.9 Å². The second-order valence-electron chi connectivity index (χ2n) is 4.46. The molecule has 0 aromatic carbocycles. The number of nitrogens with zero attached hydrogens (tertiary/aromatic N) is 3. The average molecular weight is 221 g/mol. The Kier molecular flexibility index (Phi) is 3.27. The lowest BCUT2D eigenvalue weighted by molar-refractivity contribution is 0.0608. The standard InChI is InChI=1S/C12H19N3O/c1-3-11-6-4-5-7-15(11)12(16)10-8-13-14(2)9-10/h8-9,11H,3-7H2,1-2H3. The fourth-order valence-electron chi connectivity index (χ4n) is 2.39. The summed E-state index contributed by atoms with van der Waals surface area (Å²) in [5.74, 6) is 0.139. The molecule has 1 amide bonds. The van der Waals surface area contributed by atoms with E-state index in [9.17, 15) is 4.79 Å². The van der Waals surface area contributed by atoms with Crippen LogP contribution in [0.2, 0.25) is 0 Å². The lowest BCUT2D eigenvalue weighted by Gasteiger charge is -2.35. The Labute approximate surface area is 96.2 Å². The van der Waals surface area contributed by atoms with Crippen molar-refractivity contribution >= 4 is 5.91 Å². The maximum Gasteiger partial charge on any atom is 0.257 e. The maximum atomic E-state index is 12.3. The lowest BCUT2D eigenvalue weighted by Crippen LogP contribution is -2.43. The predicted molar refractivity (Wildman–Crippen MR) is 62.2 cm³/mol. The third-order valence-electron chi connectivity index (χ3n) is 3.31. The predicted octanol–water partition coefficient (Wildman–Crippen LogP) is 1.82. The van der Waals surface area contributed by atoms with Crippen molar-refractivity contribution in [3.63, 3.8) is 0 Å². The Balaban J connectivity index is 2.13. The van der Waals surface area contributed by atoms with E-state index >= 15 is 0 Å². The molecular weight excluding hydrogens is 202 g/mol. The van der Waals surface area contributed by atoms with Crippen molar-refractivity contribution < 1.29 is 4.79 Å². The molecule has 1 atom stereocenters. The topological polar surface area (TPSA) is 38.1 Å². The molecule has 2 heterocycles. The van der Waals surface area contributed by atoms with Gasteiger partial charge in [0.1, 0.15) is 0 Å². The van der Waals surface area contributed by atoms with Crippen LogP contribution in [0.5, 0.6) is 0 Å². The largest absolute Gasteiger partial charge is 0.336 e. The molecule has 1 fully saturated rings. The summed E-state index contributed by atoms with van der Waals surface area (Å²) in [4.78, 5) is 14.3. The van der Waals surface area contributed by atoms with Crippen LogP contribution in [0.4, 0.5) is 0 Å². The van der Waals surface area contributed by atoms with Gasteiger partial charge in [-0.3, -0.25) is 9.48 Å². The molecule has 1 aromatic heterocycles. The zero-order valence-electron chi connectivity index (χ0n) is 10.0. The fraction of sp³-hybridized carbons (Fsp3) is 0.667. The molecule has 1 unspecified atom stereocenters. The number of likely N-dealkylation sites (tertiary alicyclic amines) is 1. The fourth-order valence-corrected chi connectivity index (χ4v) is 2.39. The van der Waals surface area contributed by atoms with Crippen molar-refractivity contribution in [3.8, 4) is 0 Å². The van der Waals surface area contributed by atoms with Gasteiger partial charge >= 0.3 is 0 Å². The molecule has 0 N–H and O–H groups in total. The minimum absolute atomic E-state index is 0.139. The zero-order chi connectivity index (χ0) is 11.5. The highest BCUT2D eigenvalue weighted by molar-refractivity contribution is 5.94. The van der Waals surface area contributed by atoms with E-state index in [4.69, 9.17) is 0 Å². The van der Waals surface area contributed by atoms with Crippen molar-refractivity contribution in [3.05, 3.63) is 18.0 Å². The first-order chi connectivity index (χ1) is 7.72. The van der Waals surface area contributed by atoms with Crippen LogP contribution in [-0.4, -0.2) is 33.2 Å². The first kappa shape index (κ1) is 11.2. The molecule has 88 valence electrons. The second-order valence-corrected chi connectivity index (χ2v) is 4.46. The number of rotatable bonds is 2. The molecule has 0 saturated carbocycles. The van der Waals surface area contributed by atoms with Gasteiger partial charge in [-0.25, -0.2) is 0 Å². The number of aryl methyl sites for hydroxylation is 1. The molecule has 0 spiro atoms. The average Bonchev–Trinajstić information content (AvgIpc) is 2.75. The SMILES string of the molecule is CCC1CCCCN1C(=O)c1cnn(C)c1. The number of hydrogen-bond acceptors (Lipinski definition) is 2. The molecule has 2 rings (SSSR count). The van der Waals surface area contributed by atoms with E-state index in [1.165, 1.54) is 6.42 Å². The minimum atomic E-state index is 0.139. The summed E-state index contributed by atoms with van der Waals surface area (Å²) in [6.07, 6.45) is 8.01. The molecule has 1 aliphatic heterocycles. The number of amides is 1. The van der Waals surface area contributed by atoms with Gasteiger partial charge in [-0.2, -0.15) is 5.10 Å². The first-order valence-electron chi connectivity index (χ1n) is 6.02. The Morgan fingerprint density at radius 2 is 2.38 bits per heavy atom. The molecule has 1 aromatic rings. The van der Waals surface area contributed by atoms with E-state index in [0.717, 1.165) is 25.8 Å². The first-order valence-corrected chi connectivity index (χ1v) is 6.02. The van der Waals surface area contributed by atoms with Gasteiger partial charge in [-0.05, 0) is 25.7 Å². The minimum Gasteiger partial charge on any atom is -0.336 e. The summed E-state index contributed by atoms with van der Waals surface area (Å²) in [6, 6.07) is 0.418. The maximum absolute atomic E-state index is 12.3. The van der Waals surface area contributed by atoms with E-state index in [2.05, 4.69) is 12.0 Å².